The van der Waals surface area contributed by atoms with Crippen LogP contribution in [0.3, 0.4) is 0 Å². The first-order valence-electron chi connectivity index (χ1n) is 10.4. The van der Waals surface area contributed by atoms with Crippen molar-refractivity contribution in [2.24, 2.45) is 0 Å². The van der Waals surface area contributed by atoms with Crippen molar-refractivity contribution in [3.63, 3.8) is 0 Å². The zero-order valence-corrected chi connectivity index (χ0v) is 17.7. The molecular weight excluding hydrogens is 418 g/mol. The second-order valence-electron chi connectivity index (χ2n) is 7.30. The molecule has 1 amide bonds. The predicted molar refractivity (Wildman–Crippen MR) is 125 cm³/mol. The van der Waals surface area contributed by atoms with E-state index in [0.29, 0.717) is 29.5 Å². The number of aromatic nitrogens is 1. The summed E-state index contributed by atoms with van der Waals surface area (Å²) in [5.74, 6) is 3.49. The topological polar surface area (TPSA) is 72.9 Å². The Kier molecular flexibility index (Phi) is 5.75. The minimum atomic E-state index is 0.236. The van der Waals surface area contributed by atoms with Gasteiger partial charge in [0.1, 0.15) is 11.5 Å². The molecule has 33 heavy (non-hydrogen) atoms. The van der Waals surface area contributed by atoms with Gasteiger partial charge in [0.05, 0.1) is 5.69 Å². The molecule has 0 bridgehead atoms. The monoisotopic (exact) mass is 439 g/mol. The van der Waals surface area contributed by atoms with Crippen LogP contribution in [-0.4, -0.2) is 18.2 Å². The highest BCUT2D eigenvalue weighted by atomic mass is 16.7. The fourth-order valence-corrected chi connectivity index (χ4v) is 3.52. The number of pyridine rings is 1. The van der Waals surface area contributed by atoms with Crippen molar-refractivity contribution in [2.45, 2.75) is 6.54 Å². The number of fused-ring (bicyclic) bond motifs is 1. The number of para-hydroxylation sites is 1. The molecule has 5 rings (SSSR count). The molecule has 0 spiro atoms. The van der Waals surface area contributed by atoms with Crippen LogP contribution in [0.2, 0.25) is 0 Å². The van der Waals surface area contributed by atoms with Crippen LogP contribution in [0.5, 0.6) is 23.0 Å². The van der Waals surface area contributed by atoms with E-state index >= 15 is 0 Å². The van der Waals surface area contributed by atoms with E-state index in [-0.39, 0.29) is 6.79 Å². The summed E-state index contributed by atoms with van der Waals surface area (Å²) in [6.45, 7) is 0.747. The number of amides is 1. The van der Waals surface area contributed by atoms with Crippen LogP contribution in [0, 0.1) is 0 Å². The van der Waals surface area contributed by atoms with Crippen molar-refractivity contribution in [1.82, 2.24) is 4.98 Å². The highest BCUT2D eigenvalue weighted by Crippen LogP contribution is 2.34. The van der Waals surface area contributed by atoms with E-state index in [0.717, 1.165) is 29.2 Å². The summed E-state index contributed by atoms with van der Waals surface area (Å²) in [5, 5.41) is 3.32. The number of anilines is 3. The molecule has 0 aliphatic carbocycles. The molecule has 164 valence electrons. The first kappa shape index (κ1) is 20.4. The minimum Gasteiger partial charge on any atom is -0.457 e. The molecule has 2 heterocycles. The lowest BCUT2D eigenvalue weighted by molar-refractivity contribution is -0.106. The third kappa shape index (κ3) is 4.57. The molecule has 0 radical (unpaired) electrons. The summed E-state index contributed by atoms with van der Waals surface area (Å²) in [5.41, 5.74) is 2.35. The zero-order valence-electron chi connectivity index (χ0n) is 17.7. The standard InChI is InChI=1S/C26H21N3O4/c30-17-29(20-9-11-22(12-10-20)33-21-5-2-1-3-6-21)23-7-4-14-27-26(23)28-16-19-8-13-24-25(15-19)32-18-31-24/h1-15,17H,16,18H2,(H,27,28). The maximum absolute atomic E-state index is 12.0. The lowest BCUT2D eigenvalue weighted by Gasteiger charge is -2.21. The second-order valence-corrected chi connectivity index (χ2v) is 7.30. The number of carbonyl (C=O) groups excluding carboxylic acids is 1. The molecule has 0 saturated heterocycles. The lowest BCUT2D eigenvalue weighted by atomic mass is 10.2. The van der Waals surface area contributed by atoms with Gasteiger partial charge in [-0.05, 0) is 66.2 Å². The number of rotatable bonds is 8. The Hall–Kier alpha value is -4.52. The second kappa shape index (κ2) is 9.32. The van der Waals surface area contributed by atoms with E-state index in [1.807, 2.05) is 78.9 Å². The van der Waals surface area contributed by atoms with Crippen LogP contribution < -0.4 is 24.4 Å². The van der Waals surface area contributed by atoms with Gasteiger partial charge in [-0.3, -0.25) is 9.69 Å². The molecule has 0 unspecified atom stereocenters. The van der Waals surface area contributed by atoms with Gasteiger partial charge < -0.3 is 19.5 Å². The van der Waals surface area contributed by atoms with Gasteiger partial charge in [0.2, 0.25) is 13.2 Å². The van der Waals surface area contributed by atoms with Crippen LogP contribution >= 0.6 is 0 Å². The Morgan fingerprint density at radius 1 is 0.909 bits per heavy atom. The first-order chi connectivity index (χ1) is 16.3. The summed E-state index contributed by atoms with van der Waals surface area (Å²) in [6, 6.07) is 26.3. The van der Waals surface area contributed by atoms with Gasteiger partial charge >= 0.3 is 0 Å². The number of carbonyl (C=O) groups is 1. The molecule has 4 aromatic rings. The third-order valence-electron chi connectivity index (χ3n) is 5.14. The number of nitrogens with one attached hydrogen (secondary N) is 1. The van der Waals surface area contributed by atoms with Gasteiger partial charge in [-0.15, -0.1) is 0 Å². The van der Waals surface area contributed by atoms with Crippen LogP contribution in [0.1, 0.15) is 5.56 Å². The molecule has 7 heteroatoms. The summed E-state index contributed by atoms with van der Waals surface area (Å²) in [6.07, 6.45) is 2.46. The van der Waals surface area contributed by atoms with E-state index in [2.05, 4.69) is 10.3 Å². The fourth-order valence-electron chi connectivity index (χ4n) is 3.52. The lowest BCUT2D eigenvalue weighted by Crippen LogP contribution is -2.17. The van der Waals surface area contributed by atoms with Gasteiger partial charge in [-0.2, -0.15) is 0 Å². The van der Waals surface area contributed by atoms with E-state index in [1.165, 1.54) is 0 Å². The Labute approximate surface area is 191 Å². The maximum atomic E-state index is 12.0. The van der Waals surface area contributed by atoms with Gasteiger partial charge in [0.25, 0.3) is 0 Å². The summed E-state index contributed by atoms with van der Waals surface area (Å²) >= 11 is 0. The van der Waals surface area contributed by atoms with E-state index < -0.39 is 0 Å². The Morgan fingerprint density at radius 3 is 2.52 bits per heavy atom. The highest BCUT2D eigenvalue weighted by molar-refractivity contribution is 5.90. The smallest absolute Gasteiger partial charge is 0.231 e. The van der Waals surface area contributed by atoms with Crippen LogP contribution in [0.25, 0.3) is 0 Å². The zero-order chi connectivity index (χ0) is 22.5. The number of hydrogen-bond acceptors (Lipinski definition) is 6. The van der Waals surface area contributed by atoms with E-state index in [4.69, 9.17) is 14.2 Å². The fraction of sp³-hybridized carbons (Fsp3) is 0.0769. The molecule has 0 saturated carbocycles. The molecule has 1 aliphatic rings. The Balaban J connectivity index is 1.33. The molecule has 1 aromatic heterocycles. The normalized spacial score (nSPS) is 11.6. The van der Waals surface area contributed by atoms with Crippen molar-refractivity contribution in [1.29, 1.82) is 0 Å². The third-order valence-corrected chi connectivity index (χ3v) is 5.14. The van der Waals surface area contributed by atoms with Gasteiger partial charge in [-0.1, -0.05) is 24.3 Å². The van der Waals surface area contributed by atoms with Crippen molar-refractivity contribution in [3.8, 4) is 23.0 Å². The van der Waals surface area contributed by atoms with Crippen LogP contribution in [0.15, 0.2) is 91.1 Å². The largest absolute Gasteiger partial charge is 0.457 e. The molecule has 3 aromatic carbocycles. The molecule has 0 atom stereocenters. The van der Waals surface area contributed by atoms with E-state index in [1.54, 1.807) is 17.2 Å². The van der Waals surface area contributed by atoms with Crippen molar-refractivity contribution >= 4 is 23.6 Å². The highest BCUT2D eigenvalue weighted by Gasteiger charge is 2.16. The number of hydrogen-bond donors (Lipinski definition) is 1. The minimum absolute atomic E-state index is 0.236. The van der Waals surface area contributed by atoms with Crippen molar-refractivity contribution < 1.29 is 19.0 Å². The summed E-state index contributed by atoms with van der Waals surface area (Å²) in [4.78, 5) is 18.0. The number of nitrogens with zero attached hydrogens (tertiary/aromatic N) is 2. The summed E-state index contributed by atoms with van der Waals surface area (Å²) < 4.78 is 16.7. The average Bonchev–Trinajstić information content (AvgIpc) is 3.34. The molecule has 1 N–H and O–H groups in total. The Morgan fingerprint density at radius 2 is 1.70 bits per heavy atom. The maximum Gasteiger partial charge on any atom is 0.231 e. The van der Waals surface area contributed by atoms with Crippen LogP contribution in [-0.2, 0) is 11.3 Å². The van der Waals surface area contributed by atoms with Gasteiger partial charge in [-0.25, -0.2) is 4.98 Å². The number of ether oxygens (including phenoxy) is 3. The molecule has 7 nitrogen and oxygen atoms in total. The quantitative estimate of drug-likeness (QED) is 0.365. The SMILES string of the molecule is O=CN(c1ccc(Oc2ccccc2)cc1)c1cccnc1NCc1ccc2c(c1)OCO2. The van der Waals surface area contributed by atoms with Crippen LogP contribution in [0.4, 0.5) is 17.2 Å². The average molecular weight is 439 g/mol. The van der Waals surface area contributed by atoms with Gasteiger partial charge in [0, 0.05) is 18.4 Å². The summed E-state index contributed by atoms with van der Waals surface area (Å²) in [7, 11) is 0. The Bertz CT molecular complexity index is 1250. The van der Waals surface area contributed by atoms with E-state index in [9.17, 15) is 4.79 Å². The first-order valence-corrected chi connectivity index (χ1v) is 10.4. The predicted octanol–water partition coefficient (Wildman–Crippen LogP) is 5.51. The number of benzene rings is 3. The van der Waals surface area contributed by atoms with Crippen molar-refractivity contribution in [3.05, 3.63) is 96.7 Å². The van der Waals surface area contributed by atoms with Gasteiger partial charge in [0.15, 0.2) is 17.3 Å². The molecular formula is C26H21N3O4. The molecule has 0 fully saturated rings. The van der Waals surface area contributed by atoms with Crippen molar-refractivity contribution in [2.75, 3.05) is 17.0 Å². The molecule has 1 aliphatic heterocycles.